The van der Waals surface area contributed by atoms with Crippen LogP contribution in [-0.4, -0.2) is 101 Å². The lowest BCUT2D eigenvalue weighted by molar-refractivity contribution is -0.0599. The van der Waals surface area contributed by atoms with Crippen LogP contribution in [-0.2, 0) is 50.2 Å². The fourth-order valence-electron chi connectivity index (χ4n) is 7.96. The Bertz CT molecular complexity index is 3210. The number of nitrogens with one attached hydrogen (secondary N) is 2. The number of rotatable bonds is 25. The van der Waals surface area contributed by atoms with Gasteiger partial charge in [-0.15, -0.1) is 0 Å². The van der Waals surface area contributed by atoms with Gasteiger partial charge < -0.3 is 18.6 Å². The summed E-state index contributed by atoms with van der Waals surface area (Å²) in [6.45, 7) is 10.8. The topological polar surface area (TPSA) is 310 Å². The number of H-pyrrole nitrogens is 2. The first kappa shape index (κ1) is 58.7. The smallest absolute Gasteiger partial charge is 0.475 e. The molecule has 2 N–H and O–H groups in total. The van der Waals surface area contributed by atoms with Gasteiger partial charge in [-0.05, 0) is 96.7 Å². The molecule has 0 radical (unpaired) electrons. The molecular weight excluding hydrogens is 1060 g/mol. The fraction of sp³-hybridized carbons (Fsp3) is 0.480. The highest BCUT2D eigenvalue weighted by molar-refractivity contribution is 7.48. The Morgan fingerprint density at radius 2 is 1.12 bits per heavy atom. The molecule has 0 spiro atoms. The number of benzene rings is 1. The van der Waals surface area contributed by atoms with Crippen LogP contribution in [0.1, 0.15) is 70.0 Å². The minimum absolute atomic E-state index is 0.134. The van der Waals surface area contributed by atoms with E-state index in [1.165, 1.54) is 23.9 Å². The lowest BCUT2D eigenvalue weighted by Crippen LogP contribution is -2.46. The zero-order valence-electron chi connectivity index (χ0n) is 43.7. The molecule has 24 nitrogen and oxygen atoms in total. The van der Waals surface area contributed by atoms with E-state index in [-0.39, 0.29) is 61.7 Å². The summed E-state index contributed by atoms with van der Waals surface area (Å²) in [5, 5.41) is 18.5. The number of hydrogen-bond donors (Lipinski definition) is 2. The Balaban J connectivity index is 1.12. The molecule has 2 aliphatic heterocycles. The van der Waals surface area contributed by atoms with Crippen LogP contribution in [0.15, 0.2) is 98.8 Å². The summed E-state index contributed by atoms with van der Waals surface area (Å²) in [7, 11) is -12.0. The minimum Gasteiger partial charge on any atom is -0.491 e. The van der Waals surface area contributed by atoms with Crippen molar-refractivity contribution in [1.29, 1.82) is 10.5 Å². The van der Waals surface area contributed by atoms with Crippen LogP contribution in [0.3, 0.4) is 0 Å². The number of aryl methyl sites for hydroxylation is 2. The second-order valence-corrected chi connectivity index (χ2v) is 27.7. The Kier molecular flexibility index (Phi) is 19.5. The molecular formula is C50H62N8O16P2Si. The second kappa shape index (κ2) is 25.6. The molecule has 0 bridgehead atoms. The predicted octanol–water partition coefficient (Wildman–Crippen LogP) is 7.38. The number of nitrogens with zero attached hydrogens (tertiary/aromatic N) is 6. The molecule has 77 heavy (non-hydrogen) atoms. The van der Waals surface area contributed by atoms with Gasteiger partial charge in [0, 0.05) is 61.1 Å². The summed E-state index contributed by atoms with van der Waals surface area (Å²) >= 11 is 0. The summed E-state index contributed by atoms with van der Waals surface area (Å²) in [5.41, 5.74) is 1.08. The van der Waals surface area contributed by atoms with Crippen LogP contribution in [0.25, 0.3) is 22.3 Å². The molecule has 0 saturated carbocycles. The SMILES string of the molecule is Cc1cn([C@H]2C[C@H](O[Si](C)(C)C(C)(C)C)[C@@H](COP(=O)(OCCC#N)O[C@H]3C[C@H](n4cc(C)c(=O)[nH]c4=O)O[C@@H]3COP(=O)(OCCC#N)OCCOc3cc(-c4ccncc4)cc(-c4ccncc4)c3)O2)c(=O)[nH]c1=O. The normalized spacial score (nSPS) is 21.2. The van der Waals surface area contributed by atoms with Crippen LogP contribution in [0.4, 0.5) is 0 Å². The van der Waals surface area contributed by atoms with Gasteiger partial charge in [0.2, 0.25) is 0 Å². The highest BCUT2D eigenvalue weighted by atomic mass is 31.2. The number of ether oxygens (including phenoxy) is 3. The average Bonchev–Trinajstić information content (AvgIpc) is 4.00. The fourth-order valence-corrected chi connectivity index (χ4v) is 11.9. The molecule has 0 amide bonds. The monoisotopic (exact) mass is 1120 g/mol. The molecule has 8 atom stereocenters. The Labute approximate surface area is 444 Å². The van der Waals surface area contributed by atoms with E-state index in [9.17, 15) is 38.8 Å². The van der Waals surface area contributed by atoms with Crippen molar-refractivity contribution < 1.29 is 54.9 Å². The largest absolute Gasteiger partial charge is 0.491 e. The van der Waals surface area contributed by atoms with Gasteiger partial charge >= 0.3 is 27.0 Å². The van der Waals surface area contributed by atoms with E-state index in [0.29, 0.717) is 5.75 Å². The first-order valence-electron chi connectivity index (χ1n) is 24.7. The molecule has 2 aliphatic rings. The summed E-state index contributed by atoms with van der Waals surface area (Å²) < 4.78 is 92.3. The maximum Gasteiger partial charge on any atom is 0.475 e. The van der Waals surface area contributed by atoms with Crippen molar-refractivity contribution in [3.63, 3.8) is 0 Å². The third kappa shape index (κ3) is 15.4. The average molecular weight is 1120 g/mol. The van der Waals surface area contributed by atoms with Crippen LogP contribution in [0.5, 0.6) is 5.75 Å². The Hall–Kier alpha value is -6.02. The number of nitriles is 2. The van der Waals surface area contributed by atoms with E-state index in [2.05, 4.69) is 19.9 Å². The number of phosphoric acid groups is 2. The third-order valence-electron chi connectivity index (χ3n) is 13.0. The molecule has 5 aromatic rings. The van der Waals surface area contributed by atoms with Gasteiger partial charge in [0.25, 0.3) is 11.1 Å². The zero-order chi connectivity index (χ0) is 55.5. The molecule has 27 heteroatoms. The van der Waals surface area contributed by atoms with Crippen molar-refractivity contribution >= 4 is 24.0 Å². The molecule has 0 aliphatic carbocycles. The van der Waals surface area contributed by atoms with Crippen LogP contribution < -0.4 is 27.2 Å². The Morgan fingerprint density at radius 1 is 0.662 bits per heavy atom. The molecule has 412 valence electrons. The first-order valence-corrected chi connectivity index (χ1v) is 30.5. The van der Waals surface area contributed by atoms with E-state index in [4.69, 9.17) is 45.8 Å². The number of aromatic amines is 2. The van der Waals surface area contributed by atoms with Crippen molar-refractivity contribution in [3.05, 3.63) is 132 Å². The van der Waals surface area contributed by atoms with E-state index in [1.807, 2.05) is 88.5 Å². The van der Waals surface area contributed by atoms with Gasteiger partial charge in [0.15, 0.2) is 8.32 Å². The van der Waals surface area contributed by atoms with Crippen molar-refractivity contribution in [2.45, 2.75) is 115 Å². The molecule has 4 aromatic heterocycles. The van der Waals surface area contributed by atoms with Crippen molar-refractivity contribution in [3.8, 4) is 40.1 Å². The molecule has 2 unspecified atom stereocenters. The van der Waals surface area contributed by atoms with E-state index < -0.39 is 103 Å². The highest BCUT2D eigenvalue weighted by Gasteiger charge is 2.48. The standard InChI is InChI=1S/C50H62N8O16P2Si/c1-33-29-57(48(61)55-46(33)59)44-27-40(73-76(64,67-21-9-15-52)70-32-43-41(74-77(6,7)50(3,4)5)28-45(72-43)58-30-34(2)47(60)56-49(58)62)42(71-44)31-69-75(63,66-20-8-14-51)68-23-22-65-39-25-37(35-10-16-53-17-11-35)24-38(26-39)36-12-18-54-19-13-36/h10-13,16-19,24-26,29-30,40-45H,8-9,20-23,27-28,31-32H2,1-7H3,(H,55,59,61)(H,56,60,62)/t40-,41-,42+,43+,44+,45+,75?,76?/m0/s1. The number of phosphoric ester groups is 2. The van der Waals surface area contributed by atoms with E-state index >= 15 is 0 Å². The van der Waals surface area contributed by atoms with Crippen LogP contribution in [0.2, 0.25) is 18.1 Å². The maximum atomic E-state index is 14.9. The molecule has 1 aromatic carbocycles. The molecule has 7 rings (SSSR count). The Morgan fingerprint density at radius 3 is 1.61 bits per heavy atom. The van der Waals surface area contributed by atoms with Crippen molar-refractivity contribution in [2.75, 3.05) is 39.6 Å². The lowest BCUT2D eigenvalue weighted by atomic mass is 10.00. The molecule has 2 fully saturated rings. The van der Waals surface area contributed by atoms with Gasteiger partial charge in [-0.2, -0.15) is 10.5 Å². The van der Waals surface area contributed by atoms with Crippen LogP contribution in [0, 0.1) is 36.5 Å². The maximum absolute atomic E-state index is 14.9. The van der Waals surface area contributed by atoms with Gasteiger partial charge in [-0.1, -0.05) is 20.8 Å². The number of hydrogen-bond acceptors (Lipinski definition) is 20. The zero-order valence-corrected chi connectivity index (χ0v) is 46.4. The second-order valence-electron chi connectivity index (χ2n) is 19.6. The summed E-state index contributed by atoms with van der Waals surface area (Å²) in [4.78, 5) is 63.7. The molecule has 2 saturated heterocycles. The van der Waals surface area contributed by atoms with Crippen molar-refractivity contribution in [2.24, 2.45) is 0 Å². The van der Waals surface area contributed by atoms with E-state index in [1.54, 1.807) is 31.7 Å². The number of aromatic nitrogens is 6. The summed E-state index contributed by atoms with van der Waals surface area (Å²) in [6.07, 6.45) is 2.21. The third-order valence-corrected chi connectivity index (χ3v) is 20.5. The van der Waals surface area contributed by atoms with Gasteiger partial charge in [-0.3, -0.25) is 65.8 Å². The lowest BCUT2D eigenvalue weighted by Gasteiger charge is -2.39. The minimum atomic E-state index is -4.81. The van der Waals surface area contributed by atoms with Crippen LogP contribution >= 0.6 is 15.6 Å². The summed E-state index contributed by atoms with van der Waals surface area (Å²) in [6, 6.07) is 16.9. The van der Waals surface area contributed by atoms with Crippen molar-refractivity contribution in [1.82, 2.24) is 29.1 Å². The first-order chi connectivity index (χ1) is 36.6. The predicted molar refractivity (Wildman–Crippen MR) is 280 cm³/mol. The quantitative estimate of drug-likeness (QED) is 0.0327. The number of pyridine rings is 2. The molecule has 6 heterocycles. The van der Waals surface area contributed by atoms with Gasteiger partial charge in [0.1, 0.15) is 43.1 Å². The van der Waals surface area contributed by atoms with Gasteiger partial charge in [0.05, 0.1) is 64.1 Å². The van der Waals surface area contributed by atoms with E-state index in [0.717, 1.165) is 26.8 Å². The summed E-state index contributed by atoms with van der Waals surface area (Å²) in [5.74, 6) is 0.454. The van der Waals surface area contributed by atoms with Gasteiger partial charge in [-0.25, -0.2) is 18.7 Å². The highest BCUT2D eigenvalue weighted by Crippen LogP contribution is 2.55.